The van der Waals surface area contributed by atoms with E-state index in [0.717, 1.165) is 50.2 Å². The molecule has 0 saturated carbocycles. The first kappa shape index (κ1) is 19.5. The van der Waals surface area contributed by atoms with Gasteiger partial charge in [-0.25, -0.2) is 0 Å². The molecule has 1 N–H and O–H groups in total. The quantitative estimate of drug-likeness (QED) is 0.693. The Morgan fingerprint density at radius 2 is 1.93 bits per heavy atom. The highest BCUT2D eigenvalue weighted by Crippen LogP contribution is 2.29. The van der Waals surface area contributed by atoms with E-state index in [1.54, 1.807) is 14.2 Å². The molecule has 2 aromatic carbocycles. The number of benzene rings is 2. The number of carbonyl (C=O) groups is 1. The maximum atomic E-state index is 12.0. The van der Waals surface area contributed by atoms with Crippen molar-refractivity contribution >= 4 is 16.8 Å². The minimum Gasteiger partial charge on any atom is -0.496 e. The lowest BCUT2D eigenvalue weighted by molar-refractivity contribution is 0.0963. The van der Waals surface area contributed by atoms with Crippen molar-refractivity contribution in [3.8, 4) is 5.75 Å². The number of hydrogen-bond donors (Lipinski definition) is 1. The topological polar surface area (TPSA) is 46.5 Å². The first-order valence-corrected chi connectivity index (χ1v) is 10.4. The molecule has 1 amide bonds. The number of hydrogen-bond acceptors (Lipinski definition) is 3. The van der Waals surface area contributed by atoms with Crippen LogP contribution in [0.25, 0.3) is 10.9 Å². The molecule has 0 atom stereocenters. The van der Waals surface area contributed by atoms with Crippen LogP contribution in [0.5, 0.6) is 5.75 Å². The fourth-order valence-corrected chi connectivity index (χ4v) is 4.36. The van der Waals surface area contributed by atoms with Crippen molar-refractivity contribution in [2.24, 2.45) is 0 Å². The van der Waals surface area contributed by atoms with E-state index >= 15 is 0 Å². The van der Waals surface area contributed by atoms with Gasteiger partial charge in [0.05, 0.1) is 7.11 Å². The van der Waals surface area contributed by atoms with Crippen LogP contribution < -0.4 is 10.1 Å². The normalized spacial score (nSPS) is 15.5. The number of aromatic nitrogens is 1. The van der Waals surface area contributed by atoms with Gasteiger partial charge in [-0.15, -0.1) is 0 Å². The number of piperidine rings is 1. The van der Waals surface area contributed by atoms with E-state index in [1.165, 1.54) is 10.9 Å². The van der Waals surface area contributed by atoms with E-state index in [0.29, 0.717) is 11.6 Å². The molecule has 1 saturated heterocycles. The minimum atomic E-state index is -0.0363. The van der Waals surface area contributed by atoms with Crippen LogP contribution in [-0.4, -0.2) is 49.2 Å². The average Bonchev–Trinajstić information content (AvgIpc) is 3.21. The zero-order valence-electron chi connectivity index (χ0n) is 17.2. The van der Waals surface area contributed by atoms with Gasteiger partial charge in [-0.05, 0) is 54.5 Å². The van der Waals surface area contributed by atoms with Crippen molar-refractivity contribution in [3.63, 3.8) is 0 Å². The van der Waals surface area contributed by atoms with Crippen molar-refractivity contribution in [2.45, 2.75) is 25.3 Å². The first-order valence-electron chi connectivity index (χ1n) is 10.4. The molecular formula is C24H29N3O2. The van der Waals surface area contributed by atoms with Crippen LogP contribution in [0.1, 0.15) is 34.8 Å². The summed E-state index contributed by atoms with van der Waals surface area (Å²) in [5, 5.41) is 3.91. The molecule has 0 unspecified atom stereocenters. The van der Waals surface area contributed by atoms with Crippen LogP contribution in [0.3, 0.4) is 0 Å². The summed E-state index contributed by atoms with van der Waals surface area (Å²) in [5.41, 5.74) is 3.14. The fourth-order valence-electron chi connectivity index (χ4n) is 4.36. The Morgan fingerprint density at radius 3 is 2.69 bits per heavy atom. The summed E-state index contributed by atoms with van der Waals surface area (Å²) in [4.78, 5) is 14.6. The summed E-state index contributed by atoms with van der Waals surface area (Å²) < 4.78 is 7.84. The zero-order valence-corrected chi connectivity index (χ0v) is 17.2. The van der Waals surface area contributed by atoms with Crippen molar-refractivity contribution in [1.29, 1.82) is 0 Å². The van der Waals surface area contributed by atoms with E-state index in [9.17, 15) is 4.79 Å². The van der Waals surface area contributed by atoms with Gasteiger partial charge < -0.3 is 19.5 Å². The second-order valence-corrected chi connectivity index (χ2v) is 7.71. The zero-order chi connectivity index (χ0) is 20.2. The lowest BCUT2D eigenvalue weighted by atomic mass is 10.0. The summed E-state index contributed by atoms with van der Waals surface area (Å²) in [6, 6.07) is 16.9. The Hall–Kier alpha value is -2.79. The van der Waals surface area contributed by atoms with E-state index in [1.807, 2.05) is 30.3 Å². The fraction of sp³-hybridized carbons (Fsp3) is 0.375. The first-order chi connectivity index (χ1) is 14.2. The lowest BCUT2D eigenvalue weighted by Gasteiger charge is -2.33. The average molecular weight is 392 g/mol. The molecule has 0 aliphatic carbocycles. The number of methoxy groups -OCH3 is 1. The van der Waals surface area contributed by atoms with Gasteiger partial charge in [0.15, 0.2) is 0 Å². The van der Waals surface area contributed by atoms with Gasteiger partial charge in [-0.1, -0.05) is 24.3 Å². The maximum absolute atomic E-state index is 12.0. The molecule has 5 heteroatoms. The summed E-state index contributed by atoms with van der Waals surface area (Å²) in [6.45, 7) is 3.24. The van der Waals surface area contributed by atoms with Crippen LogP contribution in [0.2, 0.25) is 0 Å². The summed E-state index contributed by atoms with van der Waals surface area (Å²) in [6.07, 6.45) is 5.43. The van der Waals surface area contributed by atoms with Crippen molar-refractivity contribution < 1.29 is 9.53 Å². The number of ether oxygens (including phenoxy) is 1. The van der Waals surface area contributed by atoms with Gasteiger partial charge in [-0.3, -0.25) is 4.79 Å². The van der Waals surface area contributed by atoms with E-state index in [2.05, 4.69) is 39.2 Å². The second kappa shape index (κ2) is 8.70. The third kappa shape index (κ3) is 4.15. The number of likely N-dealkylation sites (tertiary alicyclic amines) is 1. The number of fused-ring (bicyclic) bond motifs is 1. The molecule has 2 heterocycles. The number of carbonyl (C=O) groups excluding carboxylic acids is 1. The molecule has 3 aromatic rings. The van der Waals surface area contributed by atoms with Gasteiger partial charge in [-0.2, -0.15) is 0 Å². The van der Waals surface area contributed by atoms with Gasteiger partial charge >= 0.3 is 0 Å². The molecule has 5 nitrogen and oxygen atoms in total. The third-order valence-electron chi connectivity index (χ3n) is 6.05. The Bertz CT molecular complexity index is 987. The summed E-state index contributed by atoms with van der Waals surface area (Å²) in [7, 11) is 3.41. The highest BCUT2D eigenvalue weighted by Gasteiger charge is 2.22. The summed E-state index contributed by atoms with van der Waals surface area (Å²) in [5.74, 6) is 0.943. The minimum absolute atomic E-state index is 0.0363. The maximum Gasteiger partial charge on any atom is 0.251 e. The van der Waals surface area contributed by atoms with E-state index in [4.69, 9.17) is 4.74 Å². The highest BCUT2D eigenvalue weighted by atomic mass is 16.5. The monoisotopic (exact) mass is 391 g/mol. The predicted molar refractivity (Wildman–Crippen MR) is 117 cm³/mol. The molecule has 0 radical (unpaired) electrons. The molecule has 29 heavy (non-hydrogen) atoms. The molecule has 0 spiro atoms. The van der Waals surface area contributed by atoms with Crippen LogP contribution in [-0.2, 0) is 6.42 Å². The molecule has 1 aliphatic rings. The van der Waals surface area contributed by atoms with Gasteiger partial charge in [0.1, 0.15) is 5.75 Å². The molecule has 152 valence electrons. The smallest absolute Gasteiger partial charge is 0.251 e. The number of nitrogens with zero attached hydrogens (tertiary/aromatic N) is 2. The molecule has 1 aromatic heterocycles. The number of amides is 1. The van der Waals surface area contributed by atoms with Crippen LogP contribution in [0, 0.1) is 0 Å². The van der Waals surface area contributed by atoms with E-state index < -0.39 is 0 Å². The standard InChI is InChI=1S/C24H29N3O2/c1-25-24(28)20-8-7-18-10-16-27(22(18)17-20)21-11-14-26(15-12-21)13-9-19-5-3-4-6-23(19)29-2/h3-8,10,16-17,21H,9,11-15H2,1-2H3,(H,25,28). The lowest BCUT2D eigenvalue weighted by Crippen LogP contribution is -2.35. The largest absolute Gasteiger partial charge is 0.496 e. The van der Waals surface area contributed by atoms with Crippen LogP contribution >= 0.6 is 0 Å². The third-order valence-corrected chi connectivity index (χ3v) is 6.05. The number of nitrogens with one attached hydrogen (secondary N) is 1. The Morgan fingerprint density at radius 1 is 1.14 bits per heavy atom. The van der Waals surface area contributed by atoms with Gasteiger partial charge in [0.25, 0.3) is 5.91 Å². The molecule has 1 aliphatic heterocycles. The molecule has 0 bridgehead atoms. The number of para-hydroxylation sites is 1. The van der Waals surface area contributed by atoms with Crippen LogP contribution in [0.15, 0.2) is 54.7 Å². The highest BCUT2D eigenvalue weighted by molar-refractivity contribution is 5.97. The summed E-state index contributed by atoms with van der Waals surface area (Å²) >= 11 is 0. The predicted octanol–water partition coefficient (Wildman–Crippen LogP) is 3.89. The molecule has 4 rings (SSSR count). The van der Waals surface area contributed by atoms with Crippen molar-refractivity contribution in [2.75, 3.05) is 33.8 Å². The Balaban J connectivity index is 1.40. The van der Waals surface area contributed by atoms with Crippen molar-refractivity contribution in [1.82, 2.24) is 14.8 Å². The second-order valence-electron chi connectivity index (χ2n) is 7.71. The Kier molecular flexibility index (Phi) is 5.86. The molecular weight excluding hydrogens is 362 g/mol. The van der Waals surface area contributed by atoms with Crippen LogP contribution in [0.4, 0.5) is 0 Å². The molecule has 1 fully saturated rings. The SMILES string of the molecule is CNC(=O)c1ccc2ccn(C3CCN(CCc4ccccc4OC)CC3)c2c1. The Labute approximate surface area is 172 Å². The number of rotatable bonds is 6. The van der Waals surface area contributed by atoms with Crippen molar-refractivity contribution in [3.05, 3.63) is 65.9 Å². The van der Waals surface area contributed by atoms with E-state index in [-0.39, 0.29) is 5.91 Å². The van der Waals surface area contributed by atoms with Gasteiger partial charge in [0, 0.05) is 50.0 Å². The van der Waals surface area contributed by atoms with Gasteiger partial charge in [0.2, 0.25) is 0 Å².